The molecule has 5 heteroatoms. The first-order chi connectivity index (χ1) is 8.88. The molecule has 0 atom stereocenters. The number of nitrogens with zero attached hydrogens (tertiary/aromatic N) is 3. The van der Waals surface area contributed by atoms with E-state index < -0.39 is 0 Å². The summed E-state index contributed by atoms with van der Waals surface area (Å²) < 4.78 is 5.11. The molecule has 0 saturated heterocycles. The van der Waals surface area contributed by atoms with Crippen molar-refractivity contribution in [1.82, 2.24) is 9.97 Å². The van der Waals surface area contributed by atoms with Crippen LogP contribution in [0.25, 0.3) is 10.2 Å². The van der Waals surface area contributed by atoms with Crippen molar-refractivity contribution in [1.29, 1.82) is 0 Å². The van der Waals surface area contributed by atoms with Crippen molar-refractivity contribution >= 4 is 27.4 Å². The van der Waals surface area contributed by atoms with E-state index in [0.29, 0.717) is 0 Å². The molecular formula is C13H13N3OS. The molecule has 3 aromatic rings. The monoisotopic (exact) mass is 259 g/mol. The van der Waals surface area contributed by atoms with Crippen LogP contribution in [0, 0.1) is 0 Å². The van der Waals surface area contributed by atoms with Gasteiger partial charge < -0.3 is 9.32 Å². The Balaban J connectivity index is 1.98. The van der Waals surface area contributed by atoms with E-state index in [1.54, 1.807) is 30.2 Å². The van der Waals surface area contributed by atoms with E-state index in [-0.39, 0.29) is 0 Å². The molecule has 3 heterocycles. The van der Waals surface area contributed by atoms with Crippen molar-refractivity contribution in [3.05, 3.63) is 41.9 Å². The number of rotatable bonds is 4. The van der Waals surface area contributed by atoms with Gasteiger partial charge in [-0.1, -0.05) is 0 Å². The predicted octanol–water partition coefficient (Wildman–Crippen LogP) is 3.31. The molecule has 18 heavy (non-hydrogen) atoms. The van der Waals surface area contributed by atoms with Crippen LogP contribution >= 0.6 is 11.3 Å². The number of anilines is 1. The van der Waals surface area contributed by atoms with Gasteiger partial charge in [0.15, 0.2) is 0 Å². The molecule has 0 aliphatic rings. The van der Waals surface area contributed by atoms with Crippen LogP contribution in [-0.4, -0.2) is 16.5 Å². The van der Waals surface area contributed by atoms with Crippen molar-refractivity contribution in [2.24, 2.45) is 0 Å². The lowest BCUT2D eigenvalue weighted by Gasteiger charge is -2.21. The maximum absolute atomic E-state index is 5.11. The number of furan rings is 1. The van der Waals surface area contributed by atoms with Gasteiger partial charge in [0.1, 0.15) is 17.0 Å². The zero-order chi connectivity index (χ0) is 12.4. The van der Waals surface area contributed by atoms with Crippen LogP contribution in [0.2, 0.25) is 0 Å². The first-order valence-corrected chi connectivity index (χ1v) is 6.70. The number of hydrogen-bond acceptors (Lipinski definition) is 5. The predicted molar refractivity (Wildman–Crippen MR) is 72.8 cm³/mol. The van der Waals surface area contributed by atoms with Gasteiger partial charge in [0.05, 0.1) is 17.9 Å². The van der Waals surface area contributed by atoms with Gasteiger partial charge in [-0.05, 0) is 24.4 Å². The maximum Gasteiger partial charge on any atom is 0.141 e. The Morgan fingerprint density at radius 2 is 2.28 bits per heavy atom. The summed E-state index contributed by atoms with van der Waals surface area (Å²) in [6.45, 7) is 3.82. The molecule has 3 aromatic heterocycles. The number of hydrogen-bond donors (Lipinski definition) is 0. The minimum absolute atomic E-state index is 0.801. The van der Waals surface area contributed by atoms with Gasteiger partial charge in [-0.3, -0.25) is 0 Å². The summed E-state index contributed by atoms with van der Waals surface area (Å²) in [5.74, 6) is 0.991. The van der Waals surface area contributed by atoms with E-state index in [1.165, 1.54) is 0 Å². The van der Waals surface area contributed by atoms with Gasteiger partial charge in [-0.25, -0.2) is 9.97 Å². The van der Waals surface area contributed by atoms with Gasteiger partial charge in [-0.2, -0.15) is 0 Å². The molecule has 3 rings (SSSR count). The highest BCUT2D eigenvalue weighted by Crippen LogP contribution is 2.27. The lowest BCUT2D eigenvalue weighted by molar-refractivity contribution is 0.563. The number of thiophene rings is 1. The van der Waals surface area contributed by atoms with Crippen molar-refractivity contribution in [3.8, 4) is 0 Å². The van der Waals surface area contributed by atoms with Gasteiger partial charge in [-0.15, -0.1) is 11.3 Å². The molecule has 0 aromatic carbocycles. The van der Waals surface area contributed by atoms with Gasteiger partial charge >= 0.3 is 0 Å². The fourth-order valence-corrected chi connectivity index (χ4v) is 2.70. The molecular weight excluding hydrogens is 246 g/mol. The molecule has 0 amide bonds. The summed E-state index contributed by atoms with van der Waals surface area (Å²) in [5, 5.41) is 3.17. The minimum atomic E-state index is 0.801. The highest BCUT2D eigenvalue weighted by atomic mass is 32.1. The Morgan fingerprint density at radius 1 is 1.33 bits per heavy atom. The van der Waals surface area contributed by atoms with Gasteiger partial charge in [0.25, 0.3) is 0 Å². The third-order valence-electron chi connectivity index (χ3n) is 2.88. The lowest BCUT2D eigenvalue weighted by atomic mass is 10.3. The van der Waals surface area contributed by atoms with Crippen LogP contribution in [0.4, 0.5) is 5.82 Å². The van der Waals surface area contributed by atoms with Crippen LogP contribution in [-0.2, 0) is 6.54 Å². The molecule has 0 radical (unpaired) electrons. The Kier molecular flexibility index (Phi) is 2.98. The second kappa shape index (κ2) is 4.78. The lowest BCUT2D eigenvalue weighted by Crippen LogP contribution is -2.23. The van der Waals surface area contributed by atoms with Crippen LogP contribution in [0.5, 0.6) is 0 Å². The maximum atomic E-state index is 5.11. The SMILES string of the molecule is CCN(Cc1ccoc1)c1ncnc2sccc12. The molecule has 0 bridgehead atoms. The molecule has 0 unspecified atom stereocenters. The molecule has 0 aliphatic heterocycles. The van der Waals surface area contributed by atoms with Crippen LogP contribution in [0.3, 0.4) is 0 Å². The molecule has 0 saturated carbocycles. The fraction of sp³-hybridized carbons (Fsp3) is 0.231. The standard InChI is InChI=1S/C13H13N3OS/c1-2-16(7-10-3-5-17-8-10)12-11-4-6-18-13(11)15-9-14-12/h3-6,8-9H,2,7H2,1H3. The molecule has 0 spiro atoms. The quantitative estimate of drug-likeness (QED) is 0.721. The Hall–Kier alpha value is -1.88. The van der Waals surface area contributed by atoms with Crippen molar-refractivity contribution in [3.63, 3.8) is 0 Å². The topological polar surface area (TPSA) is 42.2 Å². The number of aromatic nitrogens is 2. The van der Waals surface area contributed by atoms with Crippen molar-refractivity contribution < 1.29 is 4.42 Å². The van der Waals surface area contributed by atoms with E-state index in [9.17, 15) is 0 Å². The van der Waals surface area contributed by atoms with Crippen molar-refractivity contribution in [2.45, 2.75) is 13.5 Å². The second-order valence-corrected chi connectivity index (χ2v) is 4.88. The zero-order valence-electron chi connectivity index (χ0n) is 10.0. The average molecular weight is 259 g/mol. The van der Waals surface area contributed by atoms with E-state index in [2.05, 4.69) is 33.2 Å². The summed E-state index contributed by atoms with van der Waals surface area (Å²) in [5.41, 5.74) is 1.15. The molecule has 4 nitrogen and oxygen atoms in total. The third-order valence-corrected chi connectivity index (χ3v) is 3.70. The minimum Gasteiger partial charge on any atom is -0.472 e. The van der Waals surface area contributed by atoms with Crippen LogP contribution in [0.1, 0.15) is 12.5 Å². The molecule has 0 N–H and O–H groups in total. The summed E-state index contributed by atoms with van der Waals surface area (Å²) in [4.78, 5) is 12.0. The first kappa shape index (κ1) is 11.2. The van der Waals surface area contributed by atoms with Crippen molar-refractivity contribution in [2.75, 3.05) is 11.4 Å². The van der Waals surface area contributed by atoms with E-state index in [4.69, 9.17) is 4.42 Å². The average Bonchev–Trinajstić information content (AvgIpc) is 3.06. The molecule has 0 aliphatic carbocycles. The van der Waals surface area contributed by atoms with Gasteiger partial charge in [0.2, 0.25) is 0 Å². The Morgan fingerprint density at radius 3 is 3.06 bits per heavy atom. The zero-order valence-corrected chi connectivity index (χ0v) is 10.9. The van der Waals surface area contributed by atoms with E-state index >= 15 is 0 Å². The van der Waals surface area contributed by atoms with Gasteiger partial charge in [0, 0.05) is 18.7 Å². The third kappa shape index (κ3) is 1.97. The largest absolute Gasteiger partial charge is 0.472 e. The van der Waals surface area contributed by atoms with E-state index in [1.807, 2.05) is 6.07 Å². The molecule has 0 fully saturated rings. The fourth-order valence-electron chi connectivity index (χ4n) is 1.97. The first-order valence-electron chi connectivity index (χ1n) is 5.82. The normalized spacial score (nSPS) is 10.9. The summed E-state index contributed by atoms with van der Waals surface area (Å²) in [7, 11) is 0. The Bertz CT molecular complexity index is 633. The summed E-state index contributed by atoms with van der Waals surface area (Å²) >= 11 is 1.64. The van der Waals surface area contributed by atoms with E-state index in [0.717, 1.165) is 34.7 Å². The number of fused-ring (bicyclic) bond motifs is 1. The smallest absolute Gasteiger partial charge is 0.141 e. The van der Waals surface area contributed by atoms with Crippen LogP contribution in [0.15, 0.2) is 40.8 Å². The highest BCUT2D eigenvalue weighted by molar-refractivity contribution is 7.16. The second-order valence-electron chi connectivity index (χ2n) is 3.98. The summed E-state index contributed by atoms with van der Waals surface area (Å²) in [6, 6.07) is 4.06. The van der Waals surface area contributed by atoms with Crippen LogP contribution < -0.4 is 4.90 Å². The molecule has 92 valence electrons. The Labute approximate surface area is 109 Å². The highest BCUT2D eigenvalue weighted by Gasteiger charge is 2.12. The summed E-state index contributed by atoms with van der Waals surface area (Å²) in [6.07, 6.45) is 5.10.